The Balaban J connectivity index is 2.94. The number of benzene rings is 1. The molecular formula is C12H15NO3S. The average molecular weight is 253 g/mol. The summed E-state index contributed by atoms with van der Waals surface area (Å²) in [5, 5.41) is 2.04. The number of carbonyl (C=O) groups is 2. The molecule has 1 aromatic rings. The van der Waals surface area contributed by atoms with Crippen LogP contribution in [-0.2, 0) is 9.53 Å². The van der Waals surface area contributed by atoms with Crippen LogP contribution in [0.25, 0.3) is 0 Å². The van der Waals surface area contributed by atoms with E-state index in [9.17, 15) is 9.59 Å². The lowest BCUT2D eigenvalue weighted by Crippen LogP contribution is -2.36. The van der Waals surface area contributed by atoms with Gasteiger partial charge in [0, 0.05) is 0 Å². The minimum absolute atomic E-state index is 0.176. The zero-order valence-electron chi connectivity index (χ0n) is 9.71. The maximum atomic E-state index is 11.9. The molecule has 0 spiro atoms. The third kappa shape index (κ3) is 3.78. The van der Waals surface area contributed by atoms with Gasteiger partial charge in [0.15, 0.2) is 5.78 Å². The van der Waals surface area contributed by atoms with Crippen LogP contribution >= 0.6 is 12.6 Å². The predicted molar refractivity (Wildman–Crippen MR) is 68.2 cm³/mol. The number of rotatable bonds is 4. The molecule has 0 radical (unpaired) electrons. The monoisotopic (exact) mass is 253 g/mol. The van der Waals surface area contributed by atoms with E-state index in [1.165, 1.54) is 7.11 Å². The highest BCUT2D eigenvalue weighted by Crippen LogP contribution is 2.17. The summed E-state index contributed by atoms with van der Waals surface area (Å²) >= 11 is 4.09. The lowest BCUT2D eigenvalue weighted by atomic mass is 10.0. The molecule has 0 aliphatic heterocycles. The minimum atomic E-state index is -0.726. The largest absolute Gasteiger partial charge is 0.453 e. The molecular weight excluding hydrogens is 238 g/mol. The topological polar surface area (TPSA) is 55.4 Å². The van der Waals surface area contributed by atoms with Crippen molar-refractivity contribution < 1.29 is 14.3 Å². The van der Waals surface area contributed by atoms with Crippen LogP contribution < -0.4 is 5.32 Å². The molecule has 0 aliphatic rings. The number of methoxy groups -OCH3 is 1. The Morgan fingerprint density at radius 2 is 1.88 bits per heavy atom. The lowest BCUT2D eigenvalue weighted by Gasteiger charge is -2.18. The molecule has 1 N–H and O–H groups in total. The first-order valence-corrected chi connectivity index (χ1v) is 5.69. The second-order valence-corrected chi connectivity index (χ2v) is 4.33. The average Bonchev–Trinajstić information content (AvgIpc) is 2.35. The van der Waals surface area contributed by atoms with E-state index in [0.717, 1.165) is 0 Å². The van der Waals surface area contributed by atoms with Gasteiger partial charge in [-0.2, -0.15) is 12.6 Å². The molecule has 1 aromatic carbocycles. The van der Waals surface area contributed by atoms with Crippen LogP contribution in [0.3, 0.4) is 0 Å². The van der Waals surface area contributed by atoms with Crippen molar-refractivity contribution in [2.75, 3.05) is 7.11 Å². The summed E-state index contributed by atoms with van der Waals surface area (Å²) in [5.41, 5.74) is 0.712. The van der Waals surface area contributed by atoms with Crippen LogP contribution in [0, 0.1) is 0 Å². The molecule has 17 heavy (non-hydrogen) atoms. The van der Waals surface area contributed by atoms with Crippen LogP contribution in [0.4, 0.5) is 4.79 Å². The zero-order chi connectivity index (χ0) is 12.8. The predicted octanol–water partition coefficient (Wildman–Crippen LogP) is 1.97. The van der Waals surface area contributed by atoms with Gasteiger partial charge in [0.1, 0.15) is 6.04 Å². The zero-order valence-corrected chi connectivity index (χ0v) is 10.6. The Morgan fingerprint density at radius 3 is 2.35 bits per heavy atom. The highest BCUT2D eigenvalue weighted by atomic mass is 32.1. The van der Waals surface area contributed by atoms with Crippen molar-refractivity contribution >= 4 is 24.5 Å². The fraction of sp³-hybridized carbons (Fsp3) is 0.333. The number of hydrogen-bond donors (Lipinski definition) is 2. The summed E-state index contributed by atoms with van der Waals surface area (Å²) in [7, 11) is 1.26. The summed E-state index contributed by atoms with van der Waals surface area (Å²) in [4.78, 5) is 23.2. The Bertz CT molecular complexity index is 392. The minimum Gasteiger partial charge on any atom is -0.453 e. The van der Waals surface area contributed by atoms with Gasteiger partial charge in [-0.25, -0.2) is 4.79 Å². The molecule has 5 heteroatoms. The van der Waals surface area contributed by atoms with Gasteiger partial charge in [-0.15, -0.1) is 0 Å². The van der Waals surface area contributed by atoms with Crippen LogP contribution in [0.5, 0.6) is 0 Å². The van der Waals surface area contributed by atoms with E-state index in [4.69, 9.17) is 0 Å². The Kier molecular flexibility index (Phi) is 5.03. The van der Waals surface area contributed by atoms with E-state index in [0.29, 0.717) is 5.56 Å². The molecule has 92 valence electrons. The summed E-state index contributed by atoms with van der Waals surface area (Å²) in [6.45, 7) is 1.67. The second kappa shape index (κ2) is 6.30. The molecule has 0 aliphatic carbocycles. The van der Waals surface area contributed by atoms with Crippen molar-refractivity contribution in [3.63, 3.8) is 0 Å². The number of ether oxygens (including phenoxy) is 1. The quantitative estimate of drug-likeness (QED) is 0.807. The van der Waals surface area contributed by atoms with Gasteiger partial charge in [-0.05, 0) is 12.5 Å². The van der Waals surface area contributed by atoms with Crippen LogP contribution in [0.1, 0.15) is 18.5 Å². The molecule has 1 unspecified atom stereocenters. The van der Waals surface area contributed by atoms with Gasteiger partial charge in [-0.3, -0.25) is 4.79 Å². The van der Waals surface area contributed by atoms with Gasteiger partial charge in [0.2, 0.25) is 0 Å². The third-order valence-corrected chi connectivity index (χ3v) is 2.53. The van der Waals surface area contributed by atoms with Crippen LogP contribution in [0.15, 0.2) is 30.3 Å². The summed E-state index contributed by atoms with van der Waals surface area (Å²) < 4.78 is 4.50. The lowest BCUT2D eigenvalue weighted by molar-refractivity contribution is -0.120. The molecule has 0 aromatic heterocycles. The first kappa shape index (κ1) is 13.6. The van der Waals surface area contributed by atoms with E-state index in [2.05, 4.69) is 22.7 Å². The first-order valence-electron chi connectivity index (χ1n) is 5.17. The van der Waals surface area contributed by atoms with Gasteiger partial charge < -0.3 is 10.1 Å². The van der Waals surface area contributed by atoms with Crippen molar-refractivity contribution in [2.24, 2.45) is 0 Å². The highest BCUT2D eigenvalue weighted by Gasteiger charge is 2.25. The van der Waals surface area contributed by atoms with E-state index < -0.39 is 17.4 Å². The van der Waals surface area contributed by atoms with E-state index >= 15 is 0 Å². The standard InChI is InChI=1S/C12H15NO3S/c1-8(17)11(14)10(13-12(15)16-2)9-6-4-3-5-7-9/h3-8,10,17H,1-2H3,(H,13,15)/t8?,10-/m1/s1. The SMILES string of the molecule is COC(=O)N[C@@H](C(=O)C(C)S)c1ccccc1. The number of alkyl carbamates (subject to hydrolysis) is 1. The van der Waals surface area contributed by atoms with Gasteiger partial charge in [0.05, 0.1) is 12.4 Å². The molecule has 0 saturated heterocycles. The fourth-order valence-corrected chi connectivity index (χ4v) is 1.53. The normalized spacial score (nSPS) is 13.6. The van der Waals surface area contributed by atoms with Crippen LogP contribution in [0.2, 0.25) is 0 Å². The van der Waals surface area contributed by atoms with E-state index in [1.54, 1.807) is 31.2 Å². The first-order chi connectivity index (χ1) is 8.06. The van der Waals surface area contributed by atoms with E-state index in [-0.39, 0.29) is 5.78 Å². The van der Waals surface area contributed by atoms with Gasteiger partial charge in [-0.1, -0.05) is 30.3 Å². The van der Waals surface area contributed by atoms with Crippen molar-refractivity contribution in [3.05, 3.63) is 35.9 Å². The fourth-order valence-electron chi connectivity index (χ4n) is 1.38. The molecule has 0 bridgehead atoms. The number of hydrogen-bond acceptors (Lipinski definition) is 4. The summed E-state index contributed by atoms with van der Waals surface area (Å²) in [6.07, 6.45) is -0.638. The third-order valence-electron chi connectivity index (χ3n) is 2.28. The number of nitrogens with one attached hydrogen (secondary N) is 1. The highest BCUT2D eigenvalue weighted by molar-refractivity contribution is 7.81. The van der Waals surface area contributed by atoms with Crippen molar-refractivity contribution in [1.82, 2.24) is 5.32 Å². The maximum Gasteiger partial charge on any atom is 0.407 e. The van der Waals surface area contributed by atoms with Crippen molar-refractivity contribution in [2.45, 2.75) is 18.2 Å². The number of thiol groups is 1. The maximum absolute atomic E-state index is 11.9. The van der Waals surface area contributed by atoms with Gasteiger partial charge in [0.25, 0.3) is 0 Å². The molecule has 0 fully saturated rings. The Hall–Kier alpha value is -1.49. The molecule has 1 amide bonds. The van der Waals surface area contributed by atoms with Crippen LogP contribution in [-0.4, -0.2) is 24.2 Å². The Morgan fingerprint density at radius 1 is 1.29 bits per heavy atom. The molecule has 4 nitrogen and oxygen atoms in total. The number of carbonyl (C=O) groups excluding carboxylic acids is 2. The Labute approximate surface area is 106 Å². The number of Topliss-reactive ketones (excluding diaryl/α,β-unsaturated/α-hetero) is 1. The number of amides is 1. The number of ketones is 1. The van der Waals surface area contributed by atoms with Crippen molar-refractivity contribution in [3.8, 4) is 0 Å². The smallest absolute Gasteiger partial charge is 0.407 e. The van der Waals surface area contributed by atoms with Gasteiger partial charge >= 0.3 is 6.09 Å². The summed E-state index contributed by atoms with van der Waals surface area (Å²) in [6, 6.07) is 8.27. The molecule has 0 heterocycles. The van der Waals surface area contributed by atoms with Crippen molar-refractivity contribution in [1.29, 1.82) is 0 Å². The molecule has 0 saturated carbocycles. The second-order valence-electron chi connectivity index (χ2n) is 3.56. The summed E-state index contributed by atoms with van der Waals surface area (Å²) in [5.74, 6) is -0.176. The molecule has 2 atom stereocenters. The molecule has 1 rings (SSSR count). The van der Waals surface area contributed by atoms with E-state index in [1.807, 2.05) is 6.07 Å².